The van der Waals surface area contributed by atoms with Crippen LogP contribution in [-0.4, -0.2) is 16.8 Å². The summed E-state index contributed by atoms with van der Waals surface area (Å²) in [7, 11) is -7.77. The molecular formula is C22H24N2O4S2. The number of hydrogen-bond acceptors (Lipinski definition) is 4. The van der Waals surface area contributed by atoms with Gasteiger partial charge in [-0.2, -0.15) is 0 Å². The Morgan fingerprint density at radius 2 is 1.30 bits per heavy atom. The van der Waals surface area contributed by atoms with E-state index in [4.69, 9.17) is 0 Å². The smallest absolute Gasteiger partial charge is 0.262 e. The van der Waals surface area contributed by atoms with E-state index in [2.05, 4.69) is 9.44 Å². The molecule has 158 valence electrons. The molecule has 0 saturated heterocycles. The zero-order chi connectivity index (χ0) is 22.1. The summed E-state index contributed by atoms with van der Waals surface area (Å²) >= 11 is 0. The highest BCUT2D eigenvalue weighted by molar-refractivity contribution is 7.93. The Morgan fingerprint density at radius 3 is 2.00 bits per heavy atom. The van der Waals surface area contributed by atoms with Crippen molar-refractivity contribution in [1.29, 1.82) is 0 Å². The Bertz CT molecular complexity index is 1310. The van der Waals surface area contributed by atoms with Gasteiger partial charge in [0, 0.05) is 5.69 Å². The Morgan fingerprint density at radius 1 is 0.633 bits per heavy atom. The van der Waals surface area contributed by atoms with Gasteiger partial charge < -0.3 is 0 Å². The van der Waals surface area contributed by atoms with Crippen LogP contribution < -0.4 is 9.44 Å². The van der Waals surface area contributed by atoms with Gasteiger partial charge in [0.25, 0.3) is 20.0 Å². The molecule has 0 bridgehead atoms. The van der Waals surface area contributed by atoms with Gasteiger partial charge in [-0.3, -0.25) is 9.44 Å². The van der Waals surface area contributed by atoms with Crippen molar-refractivity contribution in [3.8, 4) is 0 Å². The molecule has 0 heterocycles. The van der Waals surface area contributed by atoms with Gasteiger partial charge in [0.15, 0.2) is 0 Å². The molecule has 3 aromatic carbocycles. The molecule has 2 N–H and O–H groups in total. The third kappa shape index (κ3) is 4.83. The van der Waals surface area contributed by atoms with Crippen LogP contribution in [0, 0.1) is 27.7 Å². The fourth-order valence-electron chi connectivity index (χ4n) is 3.00. The van der Waals surface area contributed by atoms with Gasteiger partial charge in [-0.25, -0.2) is 16.8 Å². The van der Waals surface area contributed by atoms with Crippen LogP contribution in [0.2, 0.25) is 0 Å². The first-order chi connectivity index (χ1) is 14.0. The summed E-state index contributed by atoms with van der Waals surface area (Å²) in [6.45, 7) is 7.11. The number of nitrogens with one attached hydrogen (secondary N) is 2. The Hall–Kier alpha value is -2.84. The highest BCUT2D eigenvalue weighted by Gasteiger charge is 2.21. The lowest BCUT2D eigenvalue weighted by molar-refractivity contribution is 0.598. The maximum atomic E-state index is 12.9. The van der Waals surface area contributed by atoms with Crippen LogP contribution in [0.1, 0.15) is 22.3 Å². The lowest BCUT2D eigenvalue weighted by Gasteiger charge is -2.15. The van der Waals surface area contributed by atoms with Gasteiger partial charge in [-0.15, -0.1) is 0 Å². The zero-order valence-electron chi connectivity index (χ0n) is 17.2. The maximum Gasteiger partial charge on any atom is 0.262 e. The molecule has 0 spiro atoms. The molecule has 0 saturated carbocycles. The van der Waals surface area contributed by atoms with Crippen LogP contribution in [0.4, 0.5) is 11.4 Å². The van der Waals surface area contributed by atoms with Crippen LogP contribution in [-0.2, 0) is 20.0 Å². The Balaban J connectivity index is 1.96. The molecule has 0 aliphatic carbocycles. The minimum Gasteiger partial charge on any atom is -0.280 e. The van der Waals surface area contributed by atoms with Gasteiger partial charge in [-0.1, -0.05) is 30.3 Å². The highest BCUT2D eigenvalue weighted by atomic mass is 32.2. The molecule has 0 unspecified atom stereocenters. The van der Waals surface area contributed by atoms with E-state index >= 15 is 0 Å². The molecule has 0 atom stereocenters. The van der Waals surface area contributed by atoms with Crippen molar-refractivity contribution in [1.82, 2.24) is 0 Å². The molecule has 0 aliphatic heterocycles. The monoisotopic (exact) mass is 444 g/mol. The molecule has 6 nitrogen and oxygen atoms in total. The summed E-state index contributed by atoms with van der Waals surface area (Å²) in [6, 6.07) is 16.5. The molecule has 0 amide bonds. The van der Waals surface area contributed by atoms with E-state index in [1.54, 1.807) is 50.2 Å². The van der Waals surface area contributed by atoms with Crippen LogP contribution in [0.15, 0.2) is 70.5 Å². The summed E-state index contributed by atoms with van der Waals surface area (Å²) in [5.41, 5.74) is 3.60. The van der Waals surface area contributed by atoms with Gasteiger partial charge in [0.05, 0.1) is 15.5 Å². The molecule has 0 radical (unpaired) electrons. The second-order valence-corrected chi connectivity index (χ2v) is 10.7. The average Bonchev–Trinajstić information content (AvgIpc) is 2.64. The lowest BCUT2D eigenvalue weighted by atomic mass is 10.2. The molecule has 0 aromatic heterocycles. The summed E-state index contributed by atoms with van der Waals surface area (Å²) in [5.74, 6) is 0. The van der Waals surface area contributed by atoms with Gasteiger partial charge in [-0.05, 0) is 80.3 Å². The molecule has 0 aliphatic rings. The highest BCUT2D eigenvalue weighted by Crippen LogP contribution is 2.26. The summed E-state index contributed by atoms with van der Waals surface area (Å²) in [4.78, 5) is 0.126. The lowest BCUT2D eigenvalue weighted by Crippen LogP contribution is -2.17. The van der Waals surface area contributed by atoms with Crippen molar-refractivity contribution >= 4 is 31.4 Å². The number of sulfonamides is 2. The second-order valence-electron chi connectivity index (χ2n) is 7.33. The minimum atomic E-state index is -3.89. The summed E-state index contributed by atoms with van der Waals surface area (Å²) < 4.78 is 56.6. The van der Waals surface area contributed by atoms with E-state index in [-0.39, 0.29) is 15.5 Å². The van der Waals surface area contributed by atoms with E-state index in [0.717, 1.165) is 11.1 Å². The van der Waals surface area contributed by atoms with Crippen molar-refractivity contribution < 1.29 is 16.8 Å². The third-order valence-electron chi connectivity index (χ3n) is 4.67. The van der Waals surface area contributed by atoms with Crippen LogP contribution in [0.5, 0.6) is 0 Å². The maximum absolute atomic E-state index is 12.9. The SMILES string of the molecule is Cc1cccc(NS(=O)(=O)c2ccc(C)c(NS(=O)(=O)c3cc(C)ccc3C)c2)c1. The first-order valence-electron chi connectivity index (χ1n) is 9.28. The number of anilines is 2. The third-order valence-corrected chi connectivity index (χ3v) is 7.55. The van der Waals surface area contributed by atoms with Crippen molar-refractivity contribution in [2.24, 2.45) is 0 Å². The molecule has 3 aromatic rings. The fourth-order valence-corrected chi connectivity index (χ4v) is 5.53. The Kier molecular flexibility index (Phi) is 5.92. The van der Waals surface area contributed by atoms with Gasteiger partial charge in [0.1, 0.15) is 0 Å². The largest absolute Gasteiger partial charge is 0.280 e. The first-order valence-corrected chi connectivity index (χ1v) is 12.2. The van der Waals surface area contributed by atoms with Crippen molar-refractivity contribution in [2.45, 2.75) is 37.5 Å². The number of hydrogen-bond donors (Lipinski definition) is 2. The summed E-state index contributed by atoms with van der Waals surface area (Å²) in [6.07, 6.45) is 0. The fraction of sp³-hybridized carbons (Fsp3) is 0.182. The van der Waals surface area contributed by atoms with E-state index < -0.39 is 20.0 Å². The molecule has 8 heteroatoms. The molecule has 0 fully saturated rings. The van der Waals surface area contributed by atoms with Crippen LogP contribution in [0.3, 0.4) is 0 Å². The normalized spacial score (nSPS) is 11.9. The molecule has 3 rings (SSSR count). The Labute approximate surface area is 178 Å². The van der Waals surface area contributed by atoms with E-state index in [1.165, 1.54) is 12.1 Å². The second kappa shape index (κ2) is 8.12. The standard InChI is InChI=1S/C22H24N2O4S2/c1-15-6-5-7-19(12-15)23-29(25,26)20-11-10-17(3)21(14-20)24-30(27,28)22-13-16(2)8-9-18(22)4/h5-14,23-24H,1-4H3. The quantitative estimate of drug-likeness (QED) is 0.585. The van der Waals surface area contributed by atoms with E-state index in [0.29, 0.717) is 16.8 Å². The van der Waals surface area contributed by atoms with Crippen molar-refractivity contribution in [3.05, 3.63) is 82.9 Å². The van der Waals surface area contributed by atoms with E-state index in [1.807, 2.05) is 26.0 Å². The molecular weight excluding hydrogens is 420 g/mol. The molecule has 30 heavy (non-hydrogen) atoms. The van der Waals surface area contributed by atoms with Crippen LogP contribution in [0.25, 0.3) is 0 Å². The predicted octanol–water partition coefficient (Wildman–Crippen LogP) is 4.52. The average molecular weight is 445 g/mol. The summed E-state index contributed by atoms with van der Waals surface area (Å²) in [5, 5.41) is 0. The minimum absolute atomic E-state index is 0.0340. The van der Waals surface area contributed by atoms with Crippen molar-refractivity contribution in [2.75, 3.05) is 9.44 Å². The van der Waals surface area contributed by atoms with Crippen LogP contribution >= 0.6 is 0 Å². The zero-order valence-corrected chi connectivity index (χ0v) is 18.9. The van der Waals surface area contributed by atoms with E-state index in [9.17, 15) is 16.8 Å². The van der Waals surface area contributed by atoms with Crippen molar-refractivity contribution in [3.63, 3.8) is 0 Å². The topological polar surface area (TPSA) is 92.3 Å². The number of benzene rings is 3. The van der Waals surface area contributed by atoms with Gasteiger partial charge >= 0.3 is 0 Å². The number of rotatable bonds is 6. The first kappa shape index (κ1) is 21.9. The predicted molar refractivity (Wildman–Crippen MR) is 120 cm³/mol. The number of aryl methyl sites for hydroxylation is 4. The van der Waals surface area contributed by atoms with Gasteiger partial charge in [0.2, 0.25) is 0 Å².